The topological polar surface area (TPSA) is 68.7 Å². The summed E-state index contributed by atoms with van der Waals surface area (Å²) < 4.78 is 11.3. The number of ketones is 1. The molecule has 1 aromatic heterocycles. The standard InChI is InChI=1S/C24H32N2O4/c1-15-12-26(13-16(2)30-15)20-3-4-25-21(8-20)23(28)29-14-22(27)24-9-17-5-18(10-24)7-19(6-17)11-24/h3-4,8,15-19H,5-7,9-14H2,1-2H3/t15-,16-,17?,18?,19?,24?/m1/s1. The molecule has 4 bridgehead atoms. The number of anilines is 1. The number of hydrogen-bond acceptors (Lipinski definition) is 6. The third-order valence-corrected chi connectivity index (χ3v) is 7.70. The molecular weight excluding hydrogens is 380 g/mol. The first-order chi connectivity index (χ1) is 14.4. The smallest absolute Gasteiger partial charge is 0.357 e. The van der Waals surface area contributed by atoms with Crippen molar-refractivity contribution in [1.82, 2.24) is 4.98 Å². The van der Waals surface area contributed by atoms with E-state index in [1.165, 1.54) is 19.3 Å². The van der Waals surface area contributed by atoms with Gasteiger partial charge in [0.15, 0.2) is 12.4 Å². The zero-order chi connectivity index (χ0) is 20.9. The molecule has 6 rings (SSSR count). The molecule has 6 heteroatoms. The maximum atomic E-state index is 13.1. The lowest BCUT2D eigenvalue weighted by Crippen LogP contribution is -2.51. The van der Waals surface area contributed by atoms with Crippen LogP contribution < -0.4 is 4.90 Å². The van der Waals surface area contributed by atoms with Gasteiger partial charge in [-0.25, -0.2) is 9.78 Å². The normalized spacial score (nSPS) is 37.3. The lowest BCUT2D eigenvalue weighted by atomic mass is 9.48. The van der Waals surface area contributed by atoms with E-state index in [1.807, 2.05) is 6.07 Å². The minimum Gasteiger partial charge on any atom is -0.453 e. The van der Waals surface area contributed by atoms with Crippen LogP contribution in [0.25, 0.3) is 0 Å². The molecule has 30 heavy (non-hydrogen) atoms. The van der Waals surface area contributed by atoms with Crippen LogP contribution in [0.3, 0.4) is 0 Å². The summed E-state index contributed by atoms with van der Waals surface area (Å²) in [5.41, 5.74) is 0.966. The molecule has 0 radical (unpaired) electrons. The van der Waals surface area contributed by atoms with Crippen molar-refractivity contribution in [3.63, 3.8) is 0 Å². The fourth-order valence-corrected chi connectivity index (χ4v) is 6.93. The maximum absolute atomic E-state index is 13.1. The van der Waals surface area contributed by atoms with E-state index in [4.69, 9.17) is 9.47 Å². The highest BCUT2D eigenvalue weighted by molar-refractivity contribution is 5.92. The largest absolute Gasteiger partial charge is 0.453 e. The van der Waals surface area contributed by atoms with Crippen molar-refractivity contribution in [3.8, 4) is 0 Å². The highest BCUT2D eigenvalue weighted by Crippen LogP contribution is 2.60. The Morgan fingerprint density at radius 1 is 1.10 bits per heavy atom. The molecule has 4 aliphatic carbocycles. The number of carbonyl (C=O) groups is 2. The monoisotopic (exact) mass is 412 g/mol. The first-order valence-corrected chi connectivity index (χ1v) is 11.5. The second-order valence-corrected chi connectivity index (χ2v) is 10.3. The number of esters is 1. The van der Waals surface area contributed by atoms with Gasteiger partial charge in [-0.05, 0) is 82.3 Å². The van der Waals surface area contributed by atoms with E-state index in [1.54, 1.807) is 12.3 Å². The molecule has 0 aromatic carbocycles. The Bertz CT molecular complexity index is 793. The van der Waals surface area contributed by atoms with Gasteiger partial charge in [0.2, 0.25) is 0 Å². The first kappa shape index (κ1) is 20.0. The number of pyridine rings is 1. The Morgan fingerprint density at radius 2 is 1.70 bits per heavy atom. The quantitative estimate of drug-likeness (QED) is 0.688. The molecule has 0 amide bonds. The van der Waals surface area contributed by atoms with E-state index in [9.17, 15) is 9.59 Å². The third kappa shape index (κ3) is 3.75. The summed E-state index contributed by atoms with van der Waals surface area (Å²) >= 11 is 0. The van der Waals surface area contributed by atoms with Crippen LogP contribution in [0.1, 0.15) is 62.9 Å². The predicted octanol–water partition coefficient (Wildman–Crippen LogP) is 3.64. The molecule has 2 atom stereocenters. The molecule has 0 unspecified atom stereocenters. The van der Waals surface area contributed by atoms with Crippen LogP contribution >= 0.6 is 0 Å². The Labute approximate surface area is 178 Å². The number of ether oxygens (including phenoxy) is 2. The summed E-state index contributed by atoms with van der Waals surface area (Å²) in [7, 11) is 0. The molecule has 2 heterocycles. The van der Waals surface area contributed by atoms with Gasteiger partial charge in [-0.15, -0.1) is 0 Å². The molecule has 1 aromatic rings. The molecule has 1 aliphatic heterocycles. The Morgan fingerprint density at radius 3 is 2.30 bits per heavy atom. The van der Waals surface area contributed by atoms with Crippen molar-refractivity contribution >= 4 is 17.4 Å². The van der Waals surface area contributed by atoms with Crippen LogP contribution in [0.2, 0.25) is 0 Å². The molecule has 162 valence electrons. The lowest BCUT2D eigenvalue weighted by Gasteiger charge is -2.55. The van der Waals surface area contributed by atoms with E-state index in [0.29, 0.717) is 17.8 Å². The summed E-state index contributed by atoms with van der Waals surface area (Å²) in [6.07, 6.45) is 8.78. The Hall–Kier alpha value is -1.95. The average Bonchev–Trinajstić information content (AvgIpc) is 2.70. The van der Waals surface area contributed by atoms with Crippen LogP contribution in [0.15, 0.2) is 18.3 Å². The van der Waals surface area contributed by atoms with Crippen LogP contribution in [0, 0.1) is 23.2 Å². The maximum Gasteiger partial charge on any atom is 0.357 e. The number of morpholine rings is 1. The zero-order valence-electron chi connectivity index (χ0n) is 18.0. The second kappa shape index (κ2) is 7.63. The van der Waals surface area contributed by atoms with E-state index < -0.39 is 5.97 Å². The number of hydrogen-bond donors (Lipinski definition) is 0. The van der Waals surface area contributed by atoms with Gasteiger partial charge in [0.1, 0.15) is 5.69 Å². The van der Waals surface area contributed by atoms with Gasteiger partial charge in [-0.1, -0.05) is 0 Å². The molecule has 1 saturated heterocycles. The molecular formula is C24H32N2O4. The molecule has 4 saturated carbocycles. The fraction of sp³-hybridized carbons (Fsp3) is 0.708. The summed E-state index contributed by atoms with van der Waals surface area (Å²) in [4.78, 5) is 32.2. The minimum absolute atomic E-state index is 0.122. The number of rotatable bonds is 5. The van der Waals surface area contributed by atoms with Gasteiger partial charge >= 0.3 is 5.97 Å². The van der Waals surface area contributed by atoms with Crippen molar-refractivity contribution in [2.75, 3.05) is 24.6 Å². The second-order valence-electron chi connectivity index (χ2n) is 10.3. The Kier molecular flexibility index (Phi) is 5.08. The van der Waals surface area contributed by atoms with Crippen molar-refractivity contribution in [3.05, 3.63) is 24.0 Å². The SMILES string of the molecule is C[C@@H]1CN(c2ccnc(C(=O)OCC(=O)C34CC5CC(CC(C5)C3)C4)c2)C[C@@H](C)O1. The number of aromatic nitrogens is 1. The molecule has 0 spiro atoms. The first-order valence-electron chi connectivity index (χ1n) is 11.5. The number of Topliss-reactive ketones (excluding diaryl/α,β-unsaturated/α-hetero) is 1. The van der Waals surface area contributed by atoms with Crippen LogP contribution in [0.5, 0.6) is 0 Å². The zero-order valence-corrected chi connectivity index (χ0v) is 18.0. The third-order valence-electron chi connectivity index (χ3n) is 7.70. The summed E-state index contributed by atoms with van der Waals surface area (Å²) in [6, 6.07) is 3.67. The van der Waals surface area contributed by atoms with Crippen LogP contribution in [-0.4, -0.2) is 48.6 Å². The van der Waals surface area contributed by atoms with Gasteiger partial charge in [0, 0.05) is 30.4 Å². The van der Waals surface area contributed by atoms with Crippen molar-refractivity contribution < 1.29 is 19.1 Å². The van der Waals surface area contributed by atoms with E-state index in [-0.39, 0.29) is 35.7 Å². The van der Waals surface area contributed by atoms with E-state index in [0.717, 1.165) is 38.0 Å². The van der Waals surface area contributed by atoms with Gasteiger partial charge in [0.05, 0.1) is 12.2 Å². The van der Waals surface area contributed by atoms with E-state index in [2.05, 4.69) is 23.7 Å². The van der Waals surface area contributed by atoms with Gasteiger partial charge in [-0.2, -0.15) is 0 Å². The predicted molar refractivity (Wildman–Crippen MR) is 112 cm³/mol. The van der Waals surface area contributed by atoms with Crippen LogP contribution in [0.4, 0.5) is 5.69 Å². The van der Waals surface area contributed by atoms with Crippen molar-refractivity contribution in [2.45, 2.75) is 64.6 Å². The lowest BCUT2D eigenvalue weighted by molar-refractivity contribution is -0.147. The van der Waals surface area contributed by atoms with Crippen molar-refractivity contribution in [2.24, 2.45) is 23.2 Å². The highest BCUT2D eigenvalue weighted by atomic mass is 16.5. The number of nitrogens with zero attached hydrogens (tertiary/aromatic N) is 2. The van der Waals surface area contributed by atoms with Gasteiger partial charge in [-0.3, -0.25) is 4.79 Å². The molecule has 5 fully saturated rings. The fourth-order valence-electron chi connectivity index (χ4n) is 6.93. The van der Waals surface area contributed by atoms with Gasteiger partial charge < -0.3 is 14.4 Å². The van der Waals surface area contributed by atoms with Crippen molar-refractivity contribution in [1.29, 1.82) is 0 Å². The summed E-state index contributed by atoms with van der Waals surface area (Å²) in [5.74, 6) is 1.72. The number of carbonyl (C=O) groups excluding carboxylic acids is 2. The average molecular weight is 413 g/mol. The highest BCUT2D eigenvalue weighted by Gasteiger charge is 2.54. The Balaban J connectivity index is 1.22. The summed E-state index contributed by atoms with van der Waals surface area (Å²) in [5, 5.41) is 0. The molecule has 0 N–H and O–H groups in total. The minimum atomic E-state index is -0.510. The summed E-state index contributed by atoms with van der Waals surface area (Å²) in [6.45, 7) is 5.52. The van der Waals surface area contributed by atoms with E-state index >= 15 is 0 Å². The van der Waals surface area contributed by atoms with Crippen LogP contribution in [-0.2, 0) is 14.3 Å². The van der Waals surface area contributed by atoms with Gasteiger partial charge in [0.25, 0.3) is 0 Å². The molecule has 6 nitrogen and oxygen atoms in total. The molecule has 5 aliphatic rings.